The fourth-order valence-corrected chi connectivity index (χ4v) is 0.916. The molecule has 14 heavy (non-hydrogen) atoms. The van der Waals surface area contributed by atoms with E-state index in [1.54, 1.807) is 14.0 Å². The van der Waals surface area contributed by atoms with Gasteiger partial charge in [0.05, 0.1) is 19.3 Å². The van der Waals surface area contributed by atoms with Gasteiger partial charge in [0.1, 0.15) is 0 Å². The molecule has 0 aromatic heterocycles. The van der Waals surface area contributed by atoms with E-state index in [1.807, 2.05) is 0 Å². The van der Waals surface area contributed by atoms with Gasteiger partial charge in [-0.2, -0.15) is 0 Å². The molecule has 0 aliphatic heterocycles. The molecule has 0 fully saturated rings. The number of rotatable bonds is 7. The van der Waals surface area contributed by atoms with Crippen molar-refractivity contribution in [3.8, 4) is 0 Å². The third-order valence-electron chi connectivity index (χ3n) is 1.85. The largest absolute Gasteiger partial charge is 0.468 e. The number of hydrogen-bond acceptors (Lipinski definition) is 5. The Morgan fingerprint density at radius 3 is 2.64 bits per heavy atom. The zero-order valence-corrected chi connectivity index (χ0v) is 9.00. The first-order valence-corrected chi connectivity index (χ1v) is 4.50. The Labute approximate surface area is 84.4 Å². The fourth-order valence-electron chi connectivity index (χ4n) is 0.916. The maximum Gasteiger partial charge on any atom is 0.319 e. The molecule has 0 aliphatic rings. The molecule has 0 bridgehead atoms. The molecule has 0 radical (unpaired) electrons. The number of esters is 1. The highest BCUT2D eigenvalue weighted by Crippen LogP contribution is 2.06. The molecule has 5 heteroatoms. The van der Waals surface area contributed by atoms with Crippen LogP contribution in [0.5, 0.6) is 0 Å². The lowest BCUT2D eigenvalue weighted by atomic mass is 10.0. The van der Waals surface area contributed by atoms with Crippen molar-refractivity contribution >= 4 is 5.97 Å². The summed E-state index contributed by atoms with van der Waals surface area (Å²) in [5.74, 6) is -0.340. The van der Waals surface area contributed by atoms with Gasteiger partial charge in [-0.1, -0.05) is 0 Å². The normalized spacial score (nSPS) is 14.9. The fraction of sp³-hybridized carbons (Fsp3) is 0.889. The smallest absolute Gasteiger partial charge is 0.319 e. The summed E-state index contributed by atoms with van der Waals surface area (Å²) in [5.41, 5.74) is -0.857. The zero-order chi connectivity index (χ0) is 11.0. The van der Waals surface area contributed by atoms with E-state index in [0.29, 0.717) is 19.6 Å². The Morgan fingerprint density at radius 2 is 2.14 bits per heavy atom. The Bertz CT molecular complexity index is 170. The van der Waals surface area contributed by atoms with Gasteiger partial charge in [0.25, 0.3) is 0 Å². The van der Waals surface area contributed by atoms with Crippen molar-refractivity contribution in [2.45, 2.75) is 18.9 Å². The van der Waals surface area contributed by atoms with Crippen molar-refractivity contribution in [1.82, 2.24) is 5.32 Å². The van der Waals surface area contributed by atoms with Crippen LogP contribution < -0.4 is 5.32 Å². The first-order chi connectivity index (χ1) is 6.52. The molecule has 0 amide bonds. The molecular formula is C9H19NO4. The average Bonchev–Trinajstić information content (AvgIpc) is 2.14. The molecule has 0 aromatic rings. The van der Waals surface area contributed by atoms with Crippen LogP contribution >= 0.6 is 0 Å². The Morgan fingerprint density at radius 1 is 1.50 bits per heavy atom. The van der Waals surface area contributed by atoms with Gasteiger partial charge < -0.3 is 19.9 Å². The minimum Gasteiger partial charge on any atom is -0.468 e. The lowest BCUT2D eigenvalue weighted by Crippen LogP contribution is -2.40. The summed E-state index contributed by atoms with van der Waals surface area (Å²) in [5, 5.41) is 12.5. The molecule has 0 saturated carbocycles. The zero-order valence-electron chi connectivity index (χ0n) is 9.00. The van der Waals surface area contributed by atoms with Crippen LogP contribution in [0.2, 0.25) is 0 Å². The number of carbonyl (C=O) groups excluding carboxylic acids is 1. The van der Waals surface area contributed by atoms with Crippen LogP contribution in [0, 0.1) is 0 Å². The molecule has 0 heterocycles. The van der Waals surface area contributed by atoms with Gasteiger partial charge in [-0.15, -0.1) is 0 Å². The van der Waals surface area contributed by atoms with Gasteiger partial charge in [-0.25, -0.2) is 0 Å². The van der Waals surface area contributed by atoms with Crippen molar-refractivity contribution in [3.05, 3.63) is 0 Å². The monoisotopic (exact) mass is 205 g/mol. The summed E-state index contributed by atoms with van der Waals surface area (Å²) >= 11 is 0. The minimum absolute atomic E-state index is 0.111. The number of nitrogens with one attached hydrogen (secondary N) is 1. The SMILES string of the molecule is COCCC(C)(O)CNCC(=O)OC. The number of methoxy groups -OCH3 is 2. The van der Waals surface area contributed by atoms with E-state index in [-0.39, 0.29) is 12.5 Å². The third-order valence-corrected chi connectivity index (χ3v) is 1.85. The van der Waals surface area contributed by atoms with Gasteiger partial charge in [-0.05, 0) is 6.92 Å². The first kappa shape index (κ1) is 13.4. The molecule has 84 valence electrons. The topological polar surface area (TPSA) is 67.8 Å². The minimum atomic E-state index is -0.857. The van der Waals surface area contributed by atoms with Crippen molar-refractivity contribution in [3.63, 3.8) is 0 Å². The van der Waals surface area contributed by atoms with Crippen molar-refractivity contribution in [2.24, 2.45) is 0 Å². The van der Waals surface area contributed by atoms with Crippen LogP contribution in [0.3, 0.4) is 0 Å². The van der Waals surface area contributed by atoms with E-state index in [0.717, 1.165) is 0 Å². The van der Waals surface area contributed by atoms with E-state index in [2.05, 4.69) is 10.1 Å². The van der Waals surface area contributed by atoms with E-state index < -0.39 is 5.60 Å². The van der Waals surface area contributed by atoms with Crippen LogP contribution in [-0.2, 0) is 14.3 Å². The number of hydrogen-bond donors (Lipinski definition) is 2. The average molecular weight is 205 g/mol. The lowest BCUT2D eigenvalue weighted by Gasteiger charge is -2.22. The van der Waals surface area contributed by atoms with Crippen molar-refractivity contribution < 1.29 is 19.4 Å². The summed E-state index contributed by atoms with van der Waals surface area (Å²) in [4.78, 5) is 10.7. The van der Waals surface area contributed by atoms with E-state index >= 15 is 0 Å². The van der Waals surface area contributed by atoms with E-state index in [4.69, 9.17) is 4.74 Å². The van der Waals surface area contributed by atoms with Crippen molar-refractivity contribution in [1.29, 1.82) is 0 Å². The summed E-state index contributed by atoms with van der Waals surface area (Å²) in [6.07, 6.45) is 0.525. The first-order valence-electron chi connectivity index (χ1n) is 4.50. The highest BCUT2D eigenvalue weighted by molar-refractivity contribution is 5.71. The molecule has 1 atom stereocenters. The summed E-state index contributed by atoms with van der Waals surface area (Å²) < 4.78 is 9.29. The van der Waals surface area contributed by atoms with E-state index in [1.165, 1.54) is 7.11 Å². The summed E-state index contributed by atoms with van der Waals surface area (Å²) in [7, 11) is 2.91. The summed E-state index contributed by atoms with van der Waals surface area (Å²) in [6, 6.07) is 0. The molecule has 0 aromatic carbocycles. The van der Waals surface area contributed by atoms with Gasteiger partial charge in [-0.3, -0.25) is 4.79 Å². The van der Waals surface area contributed by atoms with Crippen LogP contribution in [0.1, 0.15) is 13.3 Å². The maximum atomic E-state index is 10.7. The van der Waals surface area contributed by atoms with Gasteiger partial charge in [0.2, 0.25) is 0 Å². The summed E-state index contributed by atoms with van der Waals surface area (Å²) in [6.45, 7) is 2.63. The number of aliphatic hydroxyl groups is 1. The standard InChI is InChI=1S/C9H19NO4/c1-9(12,4-5-13-2)7-10-6-8(11)14-3/h10,12H,4-7H2,1-3H3. The molecule has 0 spiro atoms. The third kappa shape index (κ3) is 6.82. The molecule has 0 saturated heterocycles. The number of carbonyl (C=O) groups is 1. The van der Waals surface area contributed by atoms with Crippen LogP contribution in [-0.4, -0.2) is 50.6 Å². The lowest BCUT2D eigenvalue weighted by molar-refractivity contribution is -0.139. The molecule has 5 nitrogen and oxygen atoms in total. The van der Waals surface area contributed by atoms with Crippen LogP contribution in [0.15, 0.2) is 0 Å². The molecule has 1 unspecified atom stereocenters. The second kappa shape index (κ2) is 6.75. The van der Waals surface area contributed by atoms with Gasteiger partial charge in [0, 0.05) is 26.7 Å². The van der Waals surface area contributed by atoms with Crippen LogP contribution in [0.4, 0.5) is 0 Å². The van der Waals surface area contributed by atoms with Crippen molar-refractivity contribution in [2.75, 3.05) is 33.9 Å². The highest BCUT2D eigenvalue weighted by Gasteiger charge is 2.19. The molecule has 0 aliphatic carbocycles. The Kier molecular flexibility index (Phi) is 6.44. The predicted octanol–water partition coefficient (Wildman–Crippen LogP) is -0.463. The Hall–Kier alpha value is -0.650. The molecular weight excluding hydrogens is 186 g/mol. The number of ether oxygens (including phenoxy) is 2. The van der Waals surface area contributed by atoms with Gasteiger partial charge in [0.15, 0.2) is 0 Å². The Balaban J connectivity index is 3.59. The van der Waals surface area contributed by atoms with Gasteiger partial charge >= 0.3 is 5.97 Å². The quantitative estimate of drug-likeness (QED) is 0.550. The van der Waals surface area contributed by atoms with Crippen LogP contribution in [0.25, 0.3) is 0 Å². The highest BCUT2D eigenvalue weighted by atomic mass is 16.5. The second-order valence-electron chi connectivity index (χ2n) is 3.42. The maximum absolute atomic E-state index is 10.7. The predicted molar refractivity (Wildman–Crippen MR) is 52.0 cm³/mol. The molecule has 2 N–H and O–H groups in total. The second-order valence-corrected chi connectivity index (χ2v) is 3.42. The van der Waals surface area contributed by atoms with E-state index in [9.17, 15) is 9.90 Å². The molecule has 0 rings (SSSR count).